The van der Waals surface area contributed by atoms with E-state index in [9.17, 15) is 9.59 Å². The number of amides is 3. The quantitative estimate of drug-likeness (QED) is 0.759. The van der Waals surface area contributed by atoms with Gasteiger partial charge in [0.05, 0.1) is 0 Å². The van der Waals surface area contributed by atoms with Crippen molar-refractivity contribution in [2.75, 3.05) is 19.6 Å². The number of benzene rings is 1. The van der Waals surface area contributed by atoms with Gasteiger partial charge in [-0.15, -0.1) is 0 Å². The molecule has 3 rings (SSSR count). The summed E-state index contributed by atoms with van der Waals surface area (Å²) in [5, 5.41) is 0. The van der Waals surface area contributed by atoms with Crippen LogP contribution in [0.1, 0.15) is 11.4 Å². The van der Waals surface area contributed by atoms with Gasteiger partial charge < -0.3 is 9.47 Å². The van der Waals surface area contributed by atoms with Crippen molar-refractivity contribution in [1.29, 1.82) is 0 Å². The fraction of sp³-hybridized carbons (Fsp3) is 0.353. The third-order valence-corrected chi connectivity index (χ3v) is 4.12. The second-order valence-electron chi connectivity index (χ2n) is 5.69. The van der Waals surface area contributed by atoms with E-state index >= 15 is 0 Å². The zero-order valence-electron chi connectivity index (χ0n) is 13.2. The first-order valence-electron chi connectivity index (χ1n) is 7.74. The topological polar surface area (TPSA) is 58.4 Å². The molecule has 23 heavy (non-hydrogen) atoms. The van der Waals surface area contributed by atoms with Gasteiger partial charge in [0.1, 0.15) is 12.4 Å². The van der Waals surface area contributed by atoms with Gasteiger partial charge in [-0.05, 0) is 12.0 Å². The Morgan fingerprint density at radius 3 is 2.57 bits per heavy atom. The normalized spacial score (nSPS) is 14.8. The van der Waals surface area contributed by atoms with Crippen molar-refractivity contribution >= 4 is 11.9 Å². The molecule has 0 saturated carbocycles. The molecule has 0 bridgehead atoms. The maximum Gasteiger partial charge on any atom is 0.327 e. The number of aryl methyl sites for hydroxylation is 1. The van der Waals surface area contributed by atoms with Gasteiger partial charge in [0.15, 0.2) is 0 Å². The fourth-order valence-corrected chi connectivity index (χ4v) is 2.75. The minimum Gasteiger partial charge on any atom is -0.338 e. The Labute approximate surface area is 135 Å². The molecule has 1 aromatic carbocycles. The van der Waals surface area contributed by atoms with Gasteiger partial charge in [-0.2, -0.15) is 0 Å². The van der Waals surface area contributed by atoms with E-state index in [0.717, 1.165) is 12.2 Å². The zero-order chi connectivity index (χ0) is 16.2. The summed E-state index contributed by atoms with van der Waals surface area (Å²) < 4.78 is 1.90. The number of rotatable bonds is 6. The van der Waals surface area contributed by atoms with Crippen molar-refractivity contribution in [3.05, 3.63) is 54.1 Å². The van der Waals surface area contributed by atoms with Crippen molar-refractivity contribution in [2.24, 2.45) is 7.05 Å². The summed E-state index contributed by atoms with van der Waals surface area (Å²) in [7, 11) is 1.90. The van der Waals surface area contributed by atoms with Gasteiger partial charge in [0.2, 0.25) is 5.91 Å². The van der Waals surface area contributed by atoms with Crippen LogP contribution in [0.3, 0.4) is 0 Å². The molecule has 0 unspecified atom stereocenters. The van der Waals surface area contributed by atoms with Gasteiger partial charge in [-0.3, -0.25) is 9.69 Å². The summed E-state index contributed by atoms with van der Waals surface area (Å²) in [5.41, 5.74) is 1.17. The summed E-state index contributed by atoms with van der Waals surface area (Å²) in [6.45, 7) is 1.12. The van der Waals surface area contributed by atoms with Crippen LogP contribution < -0.4 is 0 Å². The molecule has 3 amide bonds. The van der Waals surface area contributed by atoms with Crippen LogP contribution in [0.15, 0.2) is 42.7 Å². The van der Waals surface area contributed by atoms with Gasteiger partial charge in [-0.25, -0.2) is 9.78 Å². The van der Waals surface area contributed by atoms with Crippen LogP contribution in [-0.2, 0) is 24.7 Å². The number of carbonyl (C=O) groups is 2. The predicted octanol–water partition coefficient (Wildman–Crippen LogP) is 1.47. The first kappa shape index (κ1) is 15.3. The van der Waals surface area contributed by atoms with Crippen molar-refractivity contribution in [1.82, 2.24) is 19.4 Å². The van der Waals surface area contributed by atoms with Crippen LogP contribution >= 0.6 is 0 Å². The number of imidazole rings is 1. The first-order valence-corrected chi connectivity index (χ1v) is 7.74. The minimum atomic E-state index is -0.194. The Hall–Kier alpha value is -2.63. The highest BCUT2D eigenvalue weighted by Gasteiger charge is 2.35. The summed E-state index contributed by atoms with van der Waals surface area (Å²) >= 11 is 0. The van der Waals surface area contributed by atoms with Crippen molar-refractivity contribution in [2.45, 2.75) is 12.8 Å². The molecule has 2 heterocycles. The van der Waals surface area contributed by atoms with Crippen LogP contribution in [-0.4, -0.2) is 50.9 Å². The van der Waals surface area contributed by atoms with Crippen LogP contribution in [0.4, 0.5) is 4.79 Å². The van der Waals surface area contributed by atoms with E-state index in [1.165, 1.54) is 10.5 Å². The van der Waals surface area contributed by atoms with Gasteiger partial charge >= 0.3 is 6.03 Å². The molecule has 1 aromatic heterocycles. The summed E-state index contributed by atoms with van der Waals surface area (Å²) in [4.78, 5) is 31.6. The Morgan fingerprint density at radius 1 is 1.09 bits per heavy atom. The van der Waals surface area contributed by atoms with Crippen molar-refractivity contribution in [3.63, 3.8) is 0 Å². The maximum atomic E-state index is 12.4. The Morgan fingerprint density at radius 2 is 1.87 bits per heavy atom. The molecule has 2 aromatic rings. The average molecular weight is 312 g/mol. The smallest absolute Gasteiger partial charge is 0.327 e. The molecular weight excluding hydrogens is 292 g/mol. The third kappa shape index (κ3) is 3.41. The molecular formula is C17H20N4O2. The number of imide groups is 1. The molecule has 1 fully saturated rings. The Bertz CT molecular complexity index is 696. The second-order valence-corrected chi connectivity index (χ2v) is 5.69. The van der Waals surface area contributed by atoms with Gasteiger partial charge in [0, 0.05) is 39.0 Å². The lowest BCUT2D eigenvalue weighted by Gasteiger charge is -2.17. The van der Waals surface area contributed by atoms with E-state index in [1.807, 2.05) is 48.1 Å². The number of hydrogen-bond donors (Lipinski definition) is 0. The van der Waals surface area contributed by atoms with Crippen LogP contribution in [0.5, 0.6) is 0 Å². The van der Waals surface area contributed by atoms with E-state index in [2.05, 4.69) is 4.98 Å². The van der Waals surface area contributed by atoms with E-state index in [1.54, 1.807) is 11.1 Å². The fourth-order valence-electron chi connectivity index (χ4n) is 2.75. The summed E-state index contributed by atoms with van der Waals surface area (Å²) in [5.74, 6) is 0.741. The number of urea groups is 1. The number of aromatic nitrogens is 2. The summed E-state index contributed by atoms with van der Waals surface area (Å²) in [6, 6.07) is 9.78. The third-order valence-electron chi connectivity index (χ3n) is 4.12. The van der Waals surface area contributed by atoms with Crippen LogP contribution in [0, 0.1) is 0 Å². The lowest BCUT2D eigenvalue weighted by Crippen LogP contribution is -2.35. The van der Waals surface area contributed by atoms with Crippen molar-refractivity contribution < 1.29 is 9.59 Å². The average Bonchev–Trinajstić information content (AvgIpc) is 3.08. The first-order chi connectivity index (χ1) is 11.1. The van der Waals surface area contributed by atoms with Crippen molar-refractivity contribution in [3.8, 4) is 0 Å². The molecule has 120 valence electrons. The highest BCUT2D eigenvalue weighted by Crippen LogP contribution is 2.12. The molecule has 1 aliphatic rings. The molecule has 0 spiro atoms. The highest BCUT2D eigenvalue weighted by atomic mass is 16.2. The van der Waals surface area contributed by atoms with Crippen LogP contribution in [0.2, 0.25) is 0 Å². The van der Waals surface area contributed by atoms with Gasteiger partial charge in [-0.1, -0.05) is 30.3 Å². The van der Waals surface area contributed by atoms with E-state index < -0.39 is 0 Å². The maximum absolute atomic E-state index is 12.4. The molecule has 0 aliphatic carbocycles. The predicted molar refractivity (Wildman–Crippen MR) is 85.7 cm³/mol. The lowest BCUT2D eigenvalue weighted by molar-refractivity contribution is -0.125. The molecule has 1 aliphatic heterocycles. The van der Waals surface area contributed by atoms with Crippen LogP contribution in [0.25, 0.3) is 0 Å². The Kier molecular flexibility index (Phi) is 4.41. The molecule has 0 N–H and O–H groups in total. The monoisotopic (exact) mass is 312 g/mol. The standard InChI is InChI=1S/C17H20N4O2/c1-19-12-9-18-15(19)8-11-21-16(22)13-20(17(21)23)10-7-14-5-3-2-4-6-14/h2-6,9,12H,7-8,10-11,13H2,1H3. The minimum absolute atomic E-state index is 0.128. The zero-order valence-corrected chi connectivity index (χ0v) is 13.2. The molecule has 6 heteroatoms. The van der Waals surface area contributed by atoms with E-state index in [4.69, 9.17) is 0 Å². The second kappa shape index (κ2) is 6.64. The number of hydrogen-bond acceptors (Lipinski definition) is 3. The largest absolute Gasteiger partial charge is 0.338 e. The molecule has 0 radical (unpaired) electrons. The highest BCUT2D eigenvalue weighted by molar-refractivity contribution is 6.01. The van der Waals surface area contributed by atoms with E-state index in [0.29, 0.717) is 19.5 Å². The lowest BCUT2D eigenvalue weighted by atomic mass is 10.1. The van der Waals surface area contributed by atoms with E-state index in [-0.39, 0.29) is 18.5 Å². The Balaban J connectivity index is 1.55. The SMILES string of the molecule is Cn1ccnc1CCN1C(=O)CN(CCc2ccccc2)C1=O. The van der Waals surface area contributed by atoms with Gasteiger partial charge in [0.25, 0.3) is 0 Å². The molecule has 0 atom stereocenters. The number of carbonyl (C=O) groups excluding carboxylic acids is 2. The summed E-state index contributed by atoms with van der Waals surface area (Å²) in [6.07, 6.45) is 4.91. The molecule has 6 nitrogen and oxygen atoms in total. The number of nitrogens with zero attached hydrogens (tertiary/aromatic N) is 4. The molecule has 1 saturated heterocycles.